The van der Waals surface area contributed by atoms with E-state index in [9.17, 15) is 4.79 Å². The second-order valence-corrected chi connectivity index (χ2v) is 11.0. The van der Waals surface area contributed by atoms with Crippen LogP contribution >= 0.6 is 0 Å². The van der Waals surface area contributed by atoms with Gasteiger partial charge < -0.3 is 28.7 Å². The van der Waals surface area contributed by atoms with Crippen LogP contribution in [0.3, 0.4) is 0 Å². The Morgan fingerprint density at radius 3 is 2.56 bits per heavy atom. The Hall–Kier alpha value is -3.45. The Kier molecular flexibility index (Phi) is 8.46. The molecule has 208 valence electrons. The van der Waals surface area contributed by atoms with Gasteiger partial charge in [0.15, 0.2) is 6.10 Å². The van der Waals surface area contributed by atoms with Crippen LogP contribution in [-0.4, -0.2) is 31.4 Å². The summed E-state index contributed by atoms with van der Waals surface area (Å²) < 4.78 is 29.6. The van der Waals surface area contributed by atoms with Crippen molar-refractivity contribution in [1.82, 2.24) is 0 Å². The fraction of sp³-hybridized carbons (Fsp3) is 0.469. The highest BCUT2D eigenvalue weighted by atomic mass is 16.6. The average molecular weight is 534 g/mol. The largest absolute Gasteiger partial charge is 0.497 e. The third kappa shape index (κ3) is 6.59. The van der Waals surface area contributed by atoms with E-state index in [4.69, 9.17) is 23.4 Å². The van der Waals surface area contributed by atoms with E-state index in [2.05, 4.69) is 5.32 Å². The molecule has 0 saturated heterocycles. The van der Waals surface area contributed by atoms with Crippen molar-refractivity contribution in [3.05, 3.63) is 77.7 Å². The molecule has 1 fully saturated rings. The molecule has 1 N–H and O–H groups in total. The van der Waals surface area contributed by atoms with Gasteiger partial charge in [0.25, 0.3) is 0 Å². The van der Waals surface area contributed by atoms with E-state index in [-0.39, 0.29) is 5.76 Å². The van der Waals surface area contributed by atoms with Gasteiger partial charge in [-0.05, 0) is 74.2 Å². The number of methoxy groups -OCH3 is 1. The molecule has 2 heterocycles. The van der Waals surface area contributed by atoms with Gasteiger partial charge in [0.2, 0.25) is 5.76 Å². The number of furan rings is 1. The molecule has 2 atom stereocenters. The van der Waals surface area contributed by atoms with Crippen molar-refractivity contribution < 1.29 is 28.2 Å². The van der Waals surface area contributed by atoms with E-state index >= 15 is 0 Å². The van der Waals surface area contributed by atoms with Crippen LogP contribution < -0.4 is 14.8 Å². The highest BCUT2D eigenvalue weighted by Gasteiger charge is 2.48. The zero-order chi connectivity index (χ0) is 27.2. The van der Waals surface area contributed by atoms with Crippen molar-refractivity contribution >= 4 is 11.7 Å². The molecule has 1 aromatic heterocycles. The van der Waals surface area contributed by atoms with E-state index in [1.165, 1.54) is 38.4 Å². The molecule has 0 bridgehead atoms. The van der Waals surface area contributed by atoms with E-state index in [1.54, 1.807) is 19.2 Å². The molecule has 2 unspecified atom stereocenters. The van der Waals surface area contributed by atoms with Gasteiger partial charge in [0.1, 0.15) is 23.2 Å². The minimum absolute atomic E-state index is 0.160. The van der Waals surface area contributed by atoms with Crippen LogP contribution in [0.15, 0.2) is 65.3 Å². The second kappa shape index (κ2) is 12.2. The Labute approximate surface area is 230 Å². The molecule has 0 spiro atoms. The number of benzene rings is 2. The van der Waals surface area contributed by atoms with Crippen LogP contribution in [0.2, 0.25) is 0 Å². The molecular weight excluding hydrogens is 494 g/mol. The molecule has 2 aliphatic rings. The highest BCUT2D eigenvalue weighted by molar-refractivity contribution is 5.86. The third-order valence-corrected chi connectivity index (χ3v) is 7.81. The van der Waals surface area contributed by atoms with E-state index in [1.807, 2.05) is 56.3 Å². The summed E-state index contributed by atoms with van der Waals surface area (Å²) in [4.78, 5) is 13.0. The molecule has 39 heavy (non-hydrogen) atoms. The number of fused-ring (bicyclic) bond motifs is 1. The number of hydrogen-bond donors (Lipinski definition) is 1. The Morgan fingerprint density at radius 2 is 1.85 bits per heavy atom. The maximum atomic E-state index is 13.0. The van der Waals surface area contributed by atoms with Crippen molar-refractivity contribution in [2.75, 3.05) is 19.0 Å². The lowest BCUT2D eigenvalue weighted by Crippen LogP contribution is -2.51. The third-order valence-electron chi connectivity index (χ3n) is 7.81. The van der Waals surface area contributed by atoms with Crippen molar-refractivity contribution in [1.29, 1.82) is 0 Å². The first kappa shape index (κ1) is 27.1. The number of carbonyl (C=O) groups excluding carboxylic acids is 1. The van der Waals surface area contributed by atoms with Gasteiger partial charge in [0.05, 0.1) is 13.4 Å². The molecule has 5 rings (SSSR count). The SMILES string of the molecule is COc1ccc(CNc2ccc3c(c2)C(OCCC2CCCCC2)C(OC(=O)c2ccco2)C(C)(C)O3)cc1. The molecule has 1 aliphatic heterocycles. The number of ether oxygens (including phenoxy) is 4. The Balaban J connectivity index is 1.37. The summed E-state index contributed by atoms with van der Waals surface area (Å²) in [6.07, 6.45) is 7.77. The molecule has 2 aromatic carbocycles. The predicted molar refractivity (Wildman–Crippen MR) is 149 cm³/mol. The second-order valence-electron chi connectivity index (χ2n) is 11.0. The smallest absolute Gasteiger partial charge is 0.374 e. The monoisotopic (exact) mass is 533 g/mol. The maximum Gasteiger partial charge on any atom is 0.374 e. The Morgan fingerprint density at radius 1 is 1.05 bits per heavy atom. The molecule has 7 nitrogen and oxygen atoms in total. The number of nitrogens with one attached hydrogen (secondary N) is 1. The number of rotatable bonds is 10. The highest BCUT2D eigenvalue weighted by Crippen LogP contribution is 2.45. The zero-order valence-corrected chi connectivity index (χ0v) is 23.1. The number of anilines is 1. The summed E-state index contributed by atoms with van der Waals surface area (Å²) in [6, 6.07) is 17.3. The predicted octanol–water partition coefficient (Wildman–Crippen LogP) is 7.33. The Bertz CT molecular complexity index is 1210. The standard InChI is InChI=1S/C32H39NO6/c1-32(2)30(38-31(34)28-10-7-18-36-28)29(37-19-17-22-8-5-4-6-9-22)26-20-24(13-16-27(26)39-32)33-21-23-11-14-25(35-3)15-12-23/h7,10-16,18,20,22,29-30,33H,4-6,8-9,17,19,21H2,1-3H3. The molecular formula is C32H39NO6. The summed E-state index contributed by atoms with van der Waals surface area (Å²) in [6.45, 7) is 5.12. The fourth-order valence-corrected chi connectivity index (χ4v) is 5.58. The van der Waals surface area contributed by atoms with E-state index < -0.39 is 23.8 Å². The lowest BCUT2D eigenvalue weighted by atomic mass is 9.86. The molecule has 1 saturated carbocycles. The van der Waals surface area contributed by atoms with Crippen molar-refractivity contribution in [2.45, 2.75) is 76.7 Å². The van der Waals surface area contributed by atoms with Gasteiger partial charge >= 0.3 is 5.97 Å². The van der Waals surface area contributed by atoms with Crippen molar-refractivity contribution in [3.8, 4) is 11.5 Å². The summed E-state index contributed by atoms with van der Waals surface area (Å²) in [5.41, 5.74) is 2.14. The maximum absolute atomic E-state index is 13.0. The van der Waals surface area contributed by atoms with Crippen LogP contribution in [-0.2, 0) is 16.0 Å². The molecule has 0 radical (unpaired) electrons. The zero-order valence-electron chi connectivity index (χ0n) is 23.1. The van der Waals surface area contributed by atoms with Crippen LogP contribution in [0.25, 0.3) is 0 Å². The summed E-state index contributed by atoms with van der Waals surface area (Å²) in [7, 11) is 1.66. The van der Waals surface area contributed by atoms with Gasteiger partial charge in [-0.15, -0.1) is 0 Å². The van der Waals surface area contributed by atoms with Crippen molar-refractivity contribution in [2.24, 2.45) is 5.92 Å². The summed E-state index contributed by atoms with van der Waals surface area (Å²) in [5.74, 6) is 1.89. The van der Waals surface area contributed by atoms with E-state index in [0.717, 1.165) is 34.7 Å². The van der Waals surface area contributed by atoms with Crippen LogP contribution in [0.1, 0.15) is 80.2 Å². The quantitative estimate of drug-likeness (QED) is 0.273. The van der Waals surface area contributed by atoms with Crippen LogP contribution in [0.4, 0.5) is 5.69 Å². The molecule has 7 heteroatoms. The van der Waals surface area contributed by atoms with E-state index in [0.29, 0.717) is 19.1 Å². The average Bonchev–Trinajstić information content (AvgIpc) is 3.50. The molecule has 3 aromatic rings. The number of esters is 1. The van der Waals surface area contributed by atoms with Crippen LogP contribution in [0, 0.1) is 5.92 Å². The normalized spacial score (nSPS) is 20.5. The minimum Gasteiger partial charge on any atom is -0.497 e. The number of carbonyl (C=O) groups is 1. The molecule has 1 aliphatic carbocycles. The topological polar surface area (TPSA) is 79.2 Å². The first-order chi connectivity index (χ1) is 18.9. The lowest BCUT2D eigenvalue weighted by Gasteiger charge is -2.43. The summed E-state index contributed by atoms with van der Waals surface area (Å²) >= 11 is 0. The molecule has 0 amide bonds. The number of hydrogen-bond acceptors (Lipinski definition) is 7. The summed E-state index contributed by atoms with van der Waals surface area (Å²) in [5, 5.41) is 3.50. The first-order valence-corrected chi connectivity index (χ1v) is 14.0. The lowest BCUT2D eigenvalue weighted by molar-refractivity contribution is -0.141. The van der Waals surface area contributed by atoms with Gasteiger partial charge in [-0.25, -0.2) is 4.79 Å². The van der Waals surface area contributed by atoms with Crippen LogP contribution in [0.5, 0.6) is 11.5 Å². The first-order valence-electron chi connectivity index (χ1n) is 14.0. The van der Waals surface area contributed by atoms with Gasteiger partial charge in [-0.2, -0.15) is 0 Å². The van der Waals surface area contributed by atoms with Gasteiger partial charge in [-0.3, -0.25) is 0 Å². The van der Waals surface area contributed by atoms with Gasteiger partial charge in [-0.1, -0.05) is 44.2 Å². The fourth-order valence-electron chi connectivity index (χ4n) is 5.58. The minimum atomic E-state index is -0.803. The van der Waals surface area contributed by atoms with Crippen molar-refractivity contribution in [3.63, 3.8) is 0 Å². The van der Waals surface area contributed by atoms with Gasteiger partial charge in [0, 0.05) is 24.4 Å².